The van der Waals surface area contributed by atoms with Gasteiger partial charge < -0.3 is 19.5 Å². The van der Waals surface area contributed by atoms with Crippen molar-refractivity contribution in [3.8, 4) is 17.2 Å². The molecular formula is C21H22N2O4S. The molecule has 0 saturated carbocycles. The predicted octanol–water partition coefficient (Wildman–Crippen LogP) is 3.59. The highest BCUT2D eigenvalue weighted by Crippen LogP contribution is 2.36. The summed E-state index contributed by atoms with van der Waals surface area (Å²) in [7, 11) is 4.66. The highest BCUT2D eigenvalue weighted by atomic mass is 32.1. The maximum Gasteiger partial charge on any atom is 0.281 e. The molecule has 2 aromatic carbocycles. The maximum absolute atomic E-state index is 13.0. The zero-order valence-corrected chi connectivity index (χ0v) is 17.3. The molecule has 0 spiro atoms. The molecule has 0 unspecified atom stereocenters. The molecule has 2 aromatic rings. The first kappa shape index (κ1) is 19.7. The number of carbonyl (C=O) groups excluding carboxylic acids is 1. The topological polar surface area (TPSA) is 60.0 Å². The molecule has 3 rings (SSSR count). The van der Waals surface area contributed by atoms with Gasteiger partial charge in [-0.1, -0.05) is 6.07 Å². The molecule has 146 valence electrons. The number of rotatable bonds is 5. The Morgan fingerprint density at radius 2 is 1.57 bits per heavy atom. The zero-order valence-electron chi connectivity index (χ0n) is 16.5. The molecule has 1 amide bonds. The third-order valence-corrected chi connectivity index (χ3v) is 4.95. The van der Waals surface area contributed by atoms with E-state index < -0.39 is 0 Å². The van der Waals surface area contributed by atoms with Crippen LogP contribution in [0.1, 0.15) is 16.7 Å². The number of nitrogens with one attached hydrogen (secondary N) is 1. The molecule has 1 saturated heterocycles. The monoisotopic (exact) mass is 398 g/mol. The first-order valence-electron chi connectivity index (χ1n) is 8.64. The van der Waals surface area contributed by atoms with E-state index >= 15 is 0 Å². The molecule has 0 bridgehead atoms. The zero-order chi connectivity index (χ0) is 20.4. The van der Waals surface area contributed by atoms with Crippen LogP contribution in [0.25, 0.3) is 6.08 Å². The second-order valence-electron chi connectivity index (χ2n) is 6.35. The van der Waals surface area contributed by atoms with Crippen molar-refractivity contribution in [1.82, 2.24) is 5.32 Å². The number of nitrogens with zero attached hydrogens (tertiary/aromatic N) is 1. The molecule has 0 atom stereocenters. The molecule has 0 aliphatic carbocycles. The van der Waals surface area contributed by atoms with E-state index in [1.165, 1.54) is 4.90 Å². The normalized spacial score (nSPS) is 15.0. The van der Waals surface area contributed by atoms with Gasteiger partial charge in [-0.05, 0) is 61.5 Å². The van der Waals surface area contributed by atoms with E-state index in [-0.39, 0.29) is 5.91 Å². The van der Waals surface area contributed by atoms with Gasteiger partial charge >= 0.3 is 0 Å². The highest BCUT2D eigenvalue weighted by molar-refractivity contribution is 7.80. The number of amides is 1. The van der Waals surface area contributed by atoms with Crippen LogP contribution >= 0.6 is 12.2 Å². The quantitative estimate of drug-likeness (QED) is 0.614. The number of methoxy groups -OCH3 is 3. The largest absolute Gasteiger partial charge is 0.496 e. The molecule has 1 N–H and O–H groups in total. The highest BCUT2D eigenvalue weighted by Gasteiger charge is 2.32. The van der Waals surface area contributed by atoms with Gasteiger partial charge in [-0.15, -0.1) is 0 Å². The number of carbonyl (C=O) groups is 1. The lowest BCUT2D eigenvalue weighted by Crippen LogP contribution is -2.30. The minimum absolute atomic E-state index is 0.231. The third-order valence-electron chi connectivity index (χ3n) is 4.66. The van der Waals surface area contributed by atoms with Gasteiger partial charge in [0.1, 0.15) is 11.4 Å². The van der Waals surface area contributed by atoms with Crippen molar-refractivity contribution in [2.75, 3.05) is 26.2 Å². The second kappa shape index (κ2) is 7.90. The molecular weight excluding hydrogens is 376 g/mol. The molecule has 1 aliphatic heterocycles. The van der Waals surface area contributed by atoms with E-state index in [0.717, 1.165) is 16.8 Å². The summed E-state index contributed by atoms with van der Waals surface area (Å²) in [5, 5.41) is 3.33. The van der Waals surface area contributed by atoms with Crippen molar-refractivity contribution < 1.29 is 19.0 Å². The average molecular weight is 398 g/mol. The SMILES string of the molecule is COc1cc(OC)c(OC)cc1/C=C1\NC(=S)N(c2ccc(C)c(C)c2)C1=O. The number of anilines is 1. The van der Waals surface area contributed by atoms with Gasteiger partial charge in [-0.3, -0.25) is 9.69 Å². The summed E-state index contributed by atoms with van der Waals surface area (Å²) in [6.07, 6.45) is 1.69. The van der Waals surface area contributed by atoms with E-state index in [1.807, 2.05) is 32.0 Å². The van der Waals surface area contributed by atoms with Gasteiger partial charge in [0.15, 0.2) is 16.6 Å². The number of hydrogen-bond donors (Lipinski definition) is 1. The van der Waals surface area contributed by atoms with Crippen LogP contribution in [0.2, 0.25) is 0 Å². The van der Waals surface area contributed by atoms with Crippen LogP contribution < -0.4 is 24.4 Å². The fourth-order valence-corrected chi connectivity index (χ4v) is 3.25. The lowest BCUT2D eigenvalue weighted by atomic mass is 10.1. The number of benzene rings is 2. The molecule has 1 aliphatic rings. The summed E-state index contributed by atoms with van der Waals surface area (Å²) >= 11 is 5.40. The minimum Gasteiger partial charge on any atom is -0.496 e. The fourth-order valence-electron chi connectivity index (χ4n) is 2.96. The number of aryl methyl sites for hydroxylation is 2. The van der Waals surface area contributed by atoms with Gasteiger partial charge in [-0.2, -0.15) is 0 Å². The minimum atomic E-state index is -0.231. The lowest BCUT2D eigenvalue weighted by molar-refractivity contribution is -0.113. The van der Waals surface area contributed by atoms with Gasteiger partial charge in [0, 0.05) is 11.6 Å². The van der Waals surface area contributed by atoms with Crippen molar-refractivity contribution in [2.24, 2.45) is 0 Å². The Kier molecular flexibility index (Phi) is 5.56. The van der Waals surface area contributed by atoms with Crippen molar-refractivity contribution in [1.29, 1.82) is 0 Å². The van der Waals surface area contributed by atoms with Gasteiger partial charge in [-0.25, -0.2) is 0 Å². The Morgan fingerprint density at radius 1 is 0.929 bits per heavy atom. The van der Waals surface area contributed by atoms with E-state index in [9.17, 15) is 4.79 Å². The summed E-state index contributed by atoms with van der Waals surface area (Å²) in [5.41, 5.74) is 4.00. The van der Waals surface area contributed by atoms with Crippen LogP contribution in [0.3, 0.4) is 0 Å². The van der Waals surface area contributed by atoms with Gasteiger partial charge in [0.25, 0.3) is 5.91 Å². The number of thiocarbonyl (C=S) groups is 1. The van der Waals surface area contributed by atoms with Crippen molar-refractivity contribution >= 4 is 35.0 Å². The van der Waals surface area contributed by atoms with E-state index in [2.05, 4.69) is 5.32 Å². The van der Waals surface area contributed by atoms with E-state index in [0.29, 0.717) is 33.6 Å². The van der Waals surface area contributed by atoms with Crippen LogP contribution in [0.4, 0.5) is 5.69 Å². The lowest BCUT2D eigenvalue weighted by Gasteiger charge is -2.15. The Hall–Kier alpha value is -3.06. The van der Waals surface area contributed by atoms with Crippen molar-refractivity contribution in [3.05, 3.63) is 52.7 Å². The summed E-state index contributed by atoms with van der Waals surface area (Å²) < 4.78 is 16.1. The van der Waals surface area contributed by atoms with Crippen molar-refractivity contribution in [3.63, 3.8) is 0 Å². The van der Waals surface area contributed by atoms with E-state index in [1.54, 1.807) is 39.5 Å². The molecule has 1 heterocycles. The summed E-state index contributed by atoms with van der Waals surface area (Å²) in [6, 6.07) is 9.26. The molecule has 7 heteroatoms. The summed E-state index contributed by atoms with van der Waals surface area (Å²) in [6.45, 7) is 4.03. The Balaban J connectivity index is 2.01. The Labute approximate surface area is 169 Å². The molecule has 0 radical (unpaired) electrons. The van der Waals surface area contributed by atoms with Crippen LogP contribution in [-0.2, 0) is 4.79 Å². The van der Waals surface area contributed by atoms with Crippen LogP contribution in [0.5, 0.6) is 17.2 Å². The van der Waals surface area contributed by atoms with Gasteiger partial charge in [0.2, 0.25) is 0 Å². The summed E-state index contributed by atoms with van der Waals surface area (Å²) in [5.74, 6) is 1.40. The average Bonchev–Trinajstić information content (AvgIpc) is 2.96. The molecule has 28 heavy (non-hydrogen) atoms. The maximum atomic E-state index is 13.0. The third kappa shape index (κ3) is 3.53. The Morgan fingerprint density at radius 3 is 2.18 bits per heavy atom. The smallest absolute Gasteiger partial charge is 0.281 e. The standard InChI is InChI=1S/C21H22N2O4S/c1-12-6-7-15(8-13(12)2)23-20(24)16(22-21(23)28)9-14-10-18(26-4)19(27-5)11-17(14)25-3/h6-11H,1-5H3,(H,22,28)/b16-9-. The van der Waals surface area contributed by atoms with Crippen LogP contribution in [0, 0.1) is 13.8 Å². The Bertz CT molecular complexity index is 985. The molecule has 6 nitrogen and oxygen atoms in total. The van der Waals surface area contributed by atoms with Gasteiger partial charge in [0.05, 0.1) is 27.0 Å². The number of ether oxygens (including phenoxy) is 3. The fraction of sp³-hybridized carbons (Fsp3) is 0.238. The van der Waals surface area contributed by atoms with Crippen LogP contribution in [-0.4, -0.2) is 32.3 Å². The van der Waals surface area contributed by atoms with E-state index in [4.69, 9.17) is 26.4 Å². The van der Waals surface area contributed by atoms with Crippen LogP contribution in [0.15, 0.2) is 36.0 Å². The van der Waals surface area contributed by atoms with Crippen molar-refractivity contribution in [2.45, 2.75) is 13.8 Å². The molecule has 0 aromatic heterocycles. The number of hydrogen-bond acceptors (Lipinski definition) is 5. The predicted molar refractivity (Wildman–Crippen MR) is 113 cm³/mol. The molecule has 1 fully saturated rings. The first-order valence-corrected chi connectivity index (χ1v) is 9.04. The summed E-state index contributed by atoms with van der Waals surface area (Å²) in [4.78, 5) is 14.5. The first-order chi connectivity index (χ1) is 13.4. The second-order valence-corrected chi connectivity index (χ2v) is 6.73.